The van der Waals surface area contributed by atoms with Gasteiger partial charge in [0.05, 0.1) is 5.69 Å². The number of halogens is 2. The summed E-state index contributed by atoms with van der Waals surface area (Å²) < 4.78 is 24.7. The molecule has 3 N–H and O–H groups in total. The average Bonchev–Trinajstić information content (AvgIpc) is 2.07. The number of hydrogen-bond donors (Lipinski definition) is 2. The fourth-order valence-electron chi connectivity index (χ4n) is 1.12. The van der Waals surface area contributed by atoms with E-state index >= 15 is 0 Å². The van der Waals surface area contributed by atoms with Crippen LogP contribution in [0.4, 0.5) is 8.78 Å². The maximum atomic E-state index is 12.3. The van der Waals surface area contributed by atoms with E-state index < -0.39 is 23.6 Å². The van der Waals surface area contributed by atoms with Crippen LogP contribution in [0.5, 0.6) is 0 Å². The van der Waals surface area contributed by atoms with E-state index in [0.717, 1.165) is 6.07 Å². The van der Waals surface area contributed by atoms with Crippen LogP contribution < -0.4 is 11.3 Å². The normalized spacial score (nSPS) is 10.6. The first kappa shape index (κ1) is 10.4. The van der Waals surface area contributed by atoms with Gasteiger partial charge in [0.25, 0.3) is 6.43 Å². The van der Waals surface area contributed by atoms with E-state index in [1.807, 2.05) is 4.98 Å². The van der Waals surface area contributed by atoms with Crippen LogP contribution in [0.3, 0.4) is 0 Å². The zero-order valence-electron chi connectivity index (χ0n) is 7.30. The summed E-state index contributed by atoms with van der Waals surface area (Å²) in [4.78, 5) is 23.6. The highest BCUT2D eigenvalue weighted by atomic mass is 19.3. The van der Waals surface area contributed by atoms with Crippen molar-refractivity contribution >= 4 is 5.91 Å². The van der Waals surface area contributed by atoms with Crippen LogP contribution >= 0.6 is 0 Å². The number of hydrogen-bond acceptors (Lipinski definition) is 2. The molecular weight excluding hydrogens is 194 g/mol. The molecule has 0 atom stereocenters. The molecule has 1 aromatic heterocycles. The van der Waals surface area contributed by atoms with Gasteiger partial charge in [-0.25, -0.2) is 8.78 Å². The number of nitrogens with one attached hydrogen (secondary N) is 1. The number of nitrogens with two attached hydrogens (primary N) is 1. The second-order valence-electron chi connectivity index (χ2n) is 2.75. The van der Waals surface area contributed by atoms with Crippen LogP contribution in [0.25, 0.3) is 0 Å². The molecule has 0 unspecified atom stereocenters. The molecule has 0 aromatic carbocycles. The highest BCUT2D eigenvalue weighted by Crippen LogP contribution is 2.20. The molecule has 0 aliphatic rings. The Bertz CT molecular complexity index is 426. The maximum absolute atomic E-state index is 12.3. The summed E-state index contributed by atoms with van der Waals surface area (Å²) in [7, 11) is 0. The van der Waals surface area contributed by atoms with Gasteiger partial charge >= 0.3 is 0 Å². The third kappa shape index (κ3) is 1.78. The van der Waals surface area contributed by atoms with E-state index in [9.17, 15) is 18.4 Å². The monoisotopic (exact) mass is 202 g/mol. The van der Waals surface area contributed by atoms with Gasteiger partial charge in [0.15, 0.2) is 0 Å². The molecule has 0 saturated carbocycles. The largest absolute Gasteiger partial charge is 0.366 e. The topological polar surface area (TPSA) is 76.0 Å². The predicted octanol–water partition coefficient (Wildman–Crippen LogP) is 0.720. The highest BCUT2D eigenvalue weighted by molar-refractivity contribution is 5.94. The number of amides is 1. The standard InChI is InChI=1S/C8H8F2N2O2/c1-3-4(8(11)14)2-5(13)12-6(3)7(9)10/h2,7H,1H3,(H2,11,14)(H,12,13). The van der Waals surface area contributed by atoms with Crippen molar-refractivity contribution in [2.75, 3.05) is 0 Å². The number of pyridine rings is 1. The van der Waals surface area contributed by atoms with Crippen LogP contribution in [0, 0.1) is 6.92 Å². The van der Waals surface area contributed by atoms with Crippen molar-refractivity contribution in [3.63, 3.8) is 0 Å². The van der Waals surface area contributed by atoms with Gasteiger partial charge in [0.1, 0.15) is 0 Å². The van der Waals surface area contributed by atoms with E-state index in [2.05, 4.69) is 0 Å². The van der Waals surface area contributed by atoms with Gasteiger partial charge in [0, 0.05) is 11.6 Å². The second-order valence-corrected chi connectivity index (χ2v) is 2.75. The SMILES string of the molecule is Cc1c(C(N)=O)cc(=O)[nH]c1C(F)F. The van der Waals surface area contributed by atoms with E-state index in [4.69, 9.17) is 5.73 Å². The van der Waals surface area contributed by atoms with Gasteiger partial charge in [-0.15, -0.1) is 0 Å². The molecule has 0 spiro atoms. The molecule has 0 saturated heterocycles. The molecule has 1 heterocycles. The Balaban J connectivity index is 3.48. The van der Waals surface area contributed by atoms with E-state index in [0.29, 0.717) is 0 Å². The van der Waals surface area contributed by atoms with Gasteiger partial charge in [0.2, 0.25) is 11.5 Å². The first-order valence-corrected chi connectivity index (χ1v) is 3.75. The van der Waals surface area contributed by atoms with Gasteiger partial charge < -0.3 is 10.7 Å². The second kappa shape index (κ2) is 3.57. The molecule has 0 bridgehead atoms. The minimum Gasteiger partial charge on any atom is -0.366 e. The van der Waals surface area contributed by atoms with Gasteiger partial charge in [-0.2, -0.15) is 0 Å². The molecule has 1 aromatic rings. The number of aromatic amines is 1. The minimum atomic E-state index is -2.83. The predicted molar refractivity (Wildman–Crippen MR) is 45.3 cm³/mol. The number of aromatic nitrogens is 1. The Morgan fingerprint density at radius 3 is 2.57 bits per heavy atom. The van der Waals surface area contributed by atoms with Crippen LogP contribution in [-0.4, -0.2) is 10.9 Å². The summed E-state index contributed by atoms with van der Waals surface area (Å²) in [5.74, 6) is -0.893. The van der Waals surface area contributed by atoms with Crippen molar-refractivity contribution in [3.05, 3.63) is 33.2 Å². The molecule has 14 heavy (non-hydrogen) atoms. The number of primary amides is 1. The Labute approximate surface area is 77.7 Å². The summed E-state index contributed by atoms with van der Waals surface area (Å²) >= 11 is 0. The Kier molecular flexibility index (Phi) is 2.64. The molecule has 76 valence electrons. The molecule has 4 nitrogen and oxygen atoms in total. The number of carbonyl (C=O) groups is 1. The third-order valence-electron chi connectivity index (χ3n) is 1.82. The first-order chi connectivity index (χ1) is 6.43. The molecule has 0 aliphatic heterocycles. The number of carbonyl (C=O) groups excluding carboxylic acids is 1. The van der Waals surface area contributed by atoms with Crippen molar-refractivity contribution in [3.8, 4) is 0 Å². The lowest BCUT2D eigenvalue weighted by molar-refractivity contribution is 0.0998. The first-order valence-electron chi connectivity index (χ1n) is 3.75. The lowest BCUT2D eigenvalue weighted by atomic mass is 10.1. The molecule has 0 fully saturated rings. The van der Waals surface area contributed by atoms with Gasteiger partial charge in [-0.1, -0.05) is 0 Å². The van der Waals surface area contributed by atoms with Gasteiger partial charge in [-0.3, -0.25) is 9.59 Å². The summed E-state index contributed by atoms with van der Waals surface area (Å²) in [5, 5.41) is 0. The van der Waals surface area contributed by atoms with Crippen LogP contribution in [0.15, 0.2) is 10.9 Å². The average molecular weight is 202 g/mol. The molecular formula is C8H8F2N2O2. The van der Waals surface area contributed by atoms with Crippen LogP contribution in [-0.2, 0) is 0 Å². The highest BCUT2D eigenvalue weighted by Gasteiger charge is 2.17. The van der Waals surface area contributed by atoms with Crippen molar-refractivity contribution in [2.24, 2.45) is 5.73 Å². The van der Waals surface area contributed by atoms with Crippen molar-refractivity contribution in [1.82, 2.24) is 4.98 Å². The molecule has 0 aliphatic carbocycles. The summed E-state index contributed by atoms with van der Waals surface area (Å²) in [6.45, 7) is 1.30. The van der Waals surface area contributed by atoms with Crippen LogP contribution in [0.2, 0.25) is 0 Å². The molecule has 0 radical (unpaired) electrons. The molecule has 1 rings (SSSR count). The quantitative estimate of drug-likeness (QED) is 0.741. The van der Waals surface area contributed by atoms with E-state index in [1.165, 1.54) is 6.92 Å². The van der Waals surface area contributed by atoms with Gasteiger partial charge in [-0.05, 0) is 12.5 Å². The fourth-order valence-corrected chi connectivity index (χ4v) is 1.12. The number of H-pyrrole nitrogens is 1. The van der Waals surface area contributed by atoms with E-state index in [1.54, 1.807) is 0 Å². The molecule has 1 amide bonds. The van der Waals surface area contributed by atoms with Crippen molar-refractivity contribution < 1.29 is 13.6 Å². The Morgan fingerprint density at radius 2 is 2.14 bits per heavy atom. The Morgan fingerprint density at radius 1 is 1.57 bits per heavy atom. The summed E-state index contributed by atoms with van der Waals surface area (Å²) in [5.41, 5.74) is 3.42. The summed E-state index contributed by atoms with van der Waals surface area (Å²) in [6, 6.07) is 0.906. The van der Waals surface area contributed by atoms with Crippen molar-refractivity contribution in [1.29, 1.82) is 0 Å². The number of rotatable bonds is 2. The maximum Gasteiger partial charge on any atom is 0.278 e. The lowest BCUT2D eigenvalue weighted by Gasteiger charge is -2.06. The van der Waals surface area contributed by atoms with Crippen LogP contribution in [0.1, 0.15) is 28.0 Å². The smallest absolute Gasteiger partial charge is 0.278 e. The number of alkyl halides is 2. The van der Waals surface area contributed by atoms with Crippen molar-refractivity contribution in [2.45, 2.75) is 13.3 Å². The minimum absolute atomic E-state index is 0.00657. The zero-order chi connectivity index (χ0) is 10.9. The van der Waals surface area contributed by atoms with E-state index in [-0.39, 0.29) is 11.1 Å². The summed E-state index contributed by atoms with van der Waals surface area (Å²) in [6.07, 6.45) is -2.83. The Hall–Kier alpha value is -1.72. The lowest BCUT2D eigenvalue weighted by Crippen LogP contribution is -2.20. The fraction of sp³-hybridized carbons (Fsp3) is 0.250. The molecule has 6 heteroatoms. The zero-order valence-corrected chi connectivity index (χ0v) is 7.30. The third-order valence-corrected chi connectivity index (χ3v) is 1.82.